The number of carbonyl (C=O) groups excluding carboxylic acids is 1. The number of benzene rings is 2. The molecule has 2 rings (SSSR count). The Kier molecular flexibility index (Phi) is 6.37. The fourth-order valence-electron chi connectivity index (χ4n) is 1.87. The Bertz CT molecular complexity index is 644. The summed E-state index contributed by atoms with van der Waals surface area (Å²) >= 11 is 17.7. The van der Waals surface area contributed by atoms with Gasteiger partial charge < -0.3 is 10.6 Å². The molecule has 1 amide bonds. The van der Waals surface area contributed by atoms with Gasteiger partial charge in [0.1, 0.15) is 0 Å². The molecular formula is C16H15Cl3N2O. The van der Waals surface area contributed by atoms with E-state index in [2.05, 4.69) is 10.6 Å². The molecular weight excluding hydrogens is 343 g/mol. The van der Waals surface area contributed by atoms with Crippen LogP contribution < -0.4 is 10.6 Å². The summed E-state index contributed by atoms with van der Waals surface area (Å²) in [5.74, 6) is -0.0972. The van der Waals surface area contributed by atoms with Gasteiger partial charge in [0, 0.05) is 16.6 Å². The molecule has 0 fully saturated rings. The van der Waals surface area contributed by atoms with Gasteiger partial charge in [0.2, 0.25) is 5.91 Å². The number of hydrogen-bond acceptors (Lipinski definition) is 2. The van der Waals surface area contributed by atoms with Crippen molar-refractivity contribution in [2.24, 2.45) is 0 Å². The van der Waals surface area contributed by atoms with Gasteiger partial charge >= 0.3 is 0 Å². The van der Waals surface area contributed by atoms with Gasteiger partial charge in [-0.15, -0.1) is 0 Å². The summed E-state index contributed by atoms with van der Waals surface area (Å²) in [7, 11) is 0. The molecule has 0 radical (unpaired) electrons. The zero-order valence-electron chi connectivity index (χ0n) is 11.7. The van der Waals surface area contributed by atoms with E-state index in [1.807, 2.05) is 24.3 Å². The van der Waals surface area contributed by atoms with Crippen LogP contribution in [-0.2, 0) is 11.2 Å². The molecule has 0 aliphatic heterocycles. The molecule has 0 atom stereocenters. The molecule has 0 aliphatic rings. The van der Waals surface area contributed by atoms with Crippen molar-refractivity contribution in [2.75, 3.05) is 18.4 Å². The maximum absolute atomic E-state index is 11.8. The molecule has 22 heavy (non-hydrogen) atoms. The van der Waals surface area contributed by atoms with Crippen molar-refractivity contribution in [1.82, 2.24) is 5.32 Å². The number of rotatable bonds is 6. The van der Waals surface area contributed by atoms with Crippen LogP contribution >= 0.6 is 34.8 Å². The zero-order valence-corrected chi connectivity index (χ0v) is 14.0. The molecule has 6 heteroatoms. The fraction of sp³-hybridized carbons (Fsp3) is 0.188. The quantitative estimate of drug-likeness (QED) is 0.803. The van der Waals surface area contributed by atoms with Gasteiger partial charge in [0.25, 0.3) is 0 Å². The molecule has 3 nitrogen and oxygen atoms in total. The molecule has 0 aliphatic carbocycles. The number of halogens is 3. The normalized spacial score (nSPS) is 10.3. The number of anilines is 1. The average Bonchev–Trinajstić information content (AvgIpc) is 2.48. The predicted octanol–water partition coefficient (Wildman–Crippen LogP) is 4.42. The fourth-order valence-corrected chi connectivity index (χ4v) is 2.47. The van der Waals surface area contributed by atoms with E-state index in [4.69, 9.17) is 34.8 Å². The third kappa shape index (κ3) is 5.41. The molecule has 2 aromatic carbocycles. The van der Waals surface area contributed by atoms with Gasteiger partial charge in [-0.3, -0.25) is 4.79 Å². The van der Waals surface area contributed by atoms with Crippen LogP contribution in [0.25, 0.3) is 0 Å². The van der Waals surface area contributed by atoms with E-state index < -0.39 is 0 Å². The van der Waals surface area contributed by atoms with E-state index in [0.717, 1.165) is 12.0 Å². The first-order valence-electron chi connectivity index (χ1n) is 6.74. The van der Waals surface area contributed by atoms with Gasteiger partial charge in [-0.1, -0.05) is 46.9 Å². The van der Waals surface area contributed by atoms with Crippen LogP contribution in [0.2, 0.25) is 15.1 Å². The Morgan fingerprint density at radius 1 is 0.955 bits per heavy atom. The standard InChI is InChI=1S/C16H15Cl3N2O/c17-12-3-1-11(2-4-12)7-8-20-16(22)10-21-15-6-5-13(18)9-14(15)19/h1-6,9,21H,7-8,10H2,(H,20,22). The van der Waals surface area contributed by atoms with E-state index in [0.29, 0.717) is 27.3 Å². The summed E-state index contributed by atoms with van der Waals surface area (Å²) in [6.07, 6.45) is 0.755. The molecule has 0 saturated heterocycles. The number of nitrogens with one attached hydrogen (secondary N) is 2. The highest BCUT2D eigenvalue weighted by Gasteiger charge is 2.04. The number of hydrogen-bond donors (Lipinski definition) is 2. The molecule has 116 valence electrons. The van der Waals surface area contributed by atoms with Crippen molar-refractivity contribution >= 4 is 46.4 Å². The van der Waals surface area contributed by atoms with Crippen LogP contribution in [0.15, 0.2) is 42.5 Å². The van der Waals surface area contributed by atoms with Crippen molar-refractivity contribution in [1.29, 1.82) is 0 Å². The van der Waals surface area contributed by atoms with Crippen LogP contribution in [0.3, 0.4) is 0 Å². The van der Waals surface area contributed by atoms with Gasteiger partial charge in [-0.05, 0) is 42.3 Å². The van der Waals surface area contributed by atoms with Crippen molar-refractivity contribution in [3.8, 4) is 0 Å². The molecule has 0 saturated carbocycles. The third-order valence-corrected chi connectivity index (χ3v) is 3.82. The smallest absolute Gasteiger partial charge is 0.239 e. The first kappa shape index (κ1) is 16.9. The Morgan fingerprint density at radius 2 is 1.64 bits per heavy atom. The Morgan fingerprint density at radius 3 is 2.32 bits per heavy atom. The van der Waals surface area contributed by atoms with Gasteiger partial charge in [-0.25, -0.2) is 0 Å². The minimum atomic E-state index is -0.0972. The van der Waals surface area contributed by atoms with E-state index in [9.17, 15) is 4.79 Å². The number of amides is 1. The first-order chi connectivity index (χ1) is 10.5. The molecule has 2 N–H and O–H groups in total. The molecule has 0 aromatic heterocycles. The largest absolute Gasteiger partial charge is 0.375 e. The lowest BCUT2D eigenvalue weighted by atomic mass is 10.1. The van der Waals surface area contributed by atoms with E-state index >= 15 is 0 Å². The van der Waals surface area contributed by atoms with Crippen molar-refractivity contribution in [2.45, 2.75) is 6.42 Å². The second-order valence-electron chi connectivity index (χ2n) is 4.70. The van der Waals surface area contributed by atoms with Crippen LogP contribution in [0.5, 0.6) is 0 Å². The molecule has 2 aromatic rings. The second kappa shape index (κ2) is 8.28. The average molecular weight is 358 g/mol. The summed E-state index contributed by atoms with van der Waals surface area (Å²) in [5.41, 5.74) is 1.80. The van der Waals surface area contributed by atoms with Gasteiger partial charge in [0.05, 0.1) is 17.3 Å². The maximum Gasteiger partial charge on any atom is 0.239 e. The van der Waals surface area contributed by atoms with Crippen molar-refractivity contribution in [3.05, 3.63) is 63.1 Å². The molecule has 0 spiro atoms. The van der Waals surface area contributed by atoms with Crippen LogP contribution in [-0.4, -0.2) is 19.0 Å². The van der Waals surface area contributed by atoms with Crippen molar-refractivity contribution in [3.63, 3.8) is 0 Å². The summed E-state index contributed by atoms with van der Waals surface area (Å²) in [5, 5.41) is 7.57. The zero-order chi connectivity index (χ0) is 15.9. The van der Waals surface area contributed by atoms with Gasteiger partial charge in [0.15, 0.2) is 0 Å². The van der Waals surface area contributed by atoms with E-state index in [1.54, 1.807) is 18.2 Å². The highest BCUT2D eigenvalue weighted by Crippen LogP contribution is 2.24. The Hall–Kier alpha value is -1.42. The summed E-state index contributed by atoms with van der Waals surface area (Å²) < 4.78 is 0. The Labute approximate surface area is 144 Å². The van der Waals surface area contributed by atoms with Crippen molar-refractivity contribution < 1.29 is 4.79 Å². The molecule has 0 bridgehead atoms. The van der Waals surface area contributed by atoms with Crippen LogP contribution in [0.1, 0.15) is 5.56 Å². The molecule has 0 heterocycles. The van der Waals surface area contributed by atoms with E-state index in [-0.39, 0.29) is 12.5 Å². The topological polar surface area (TPSA) is 41.1 Å². The number of carbonyl (C=O) groups is 1. The maximum atomic E-state index is 11.8. The first-order valence-corrected chi connectivity index (χ1v) is 7.88. The second-order valence-corrected chi connectivity index (χ2v) is 5.98. The van der Waals surface area contributed by atoms with Gasteiger partial charge in [-0.2, -0.15) is 0 Å². The lowest BCUT2D eigenvalue weighted by molar-refractivity contribution is -0.119. The van der Waals surface area contributed by atoms with Crippen LogP contribution in [0.4, 0.5) is 5.69 Å². The monoisotopic (exact) mass is 356 g/mol. The predicted molar refractivity (Wildman–Crippen MR) is 93.1 cm³/mol. The highest BCUT2D eigenvalue weighted by molar-refractivity contribution is 6.36. The molecule has 0 unspecified atom stereocenters. The van der Waals surface area contributed by atoms with Crippen LogP contribution in [0, 0.1) is 0 Å². The lowest BCUT2D eigenvalue weighted by Gasteiger charge is -2.09. The highest BCUT2D eigenvalue weighted by atomic mass is 35.5. The summed E-state index contributed by atoms with van der Waals surface area (Å²) in [6, 6.07) is 12.6. The Balaban J connectivity index is 1.72. The minimum absolute atomic E-state index is 0.0972. The summed E-state index contributed by atoms with van der Waals surface area (Å²) in [4.78, 5) is 11.8. The third-order valence-electron chi connectivity index (χ3n) is 3.02. The van der Waals surface area contributed by atoms with E-state index in [1.165, 1.54) is 0 Å². The lowest BCUT2D eigenvalue weighted by Crippen LogP contribution is -2.31. The minimum Gasteiger partial charge on any atom is -0.375 e. The SMILES string of the molecule is O=C(CNc1ccc(Cl)cc1Cl)NCCc1ccc(Cl)cc1. The summed E-state index contributed by atoms with van der Waals surface area (Å²) in [6.45, 7) is 0.721.